The summed E-state index contributed by atoms with van der Waals surface area (Å²) < 4.78 is 13.7. The third-order valence-electron chi connectivity index (χ3n) is 4.50. The van der Waals surface area contributed by atoms with Gasteiger partial charge in [-0.1, -0.05) is 6.92 Å². The van der Waals surface area contributed by atoms with Crippen LogP contribution in [0.25, 0.3) is 0 Å². The Balaban J connectivity index is 1.72. The van der Waals surface area contributed by atoms with E-state index in [4.69, 9.17) is 9.47 Å². The van der Waals surface area contributed by atoms with E-state index in [0.29, 0.717) is 19.5 Å². The second kappa shape index (κ2) is 7.23. The fourth-order valence-electron chi connectivity index (χ4n) is 3.34. The molecule has 1 amide bonds. The predicted molar refractivity (Wildman–Crippen MR) is 103 cm³/mol. The monoisotopic (exact) mass is 455 g/mol. The normalized spacial score (nSPS) is 20.2. The number of carbonyl (C=O) groups is 1. The van der Waals surface area contributed by atoms with Gasteiger partial charge in [0.25, 0.3) is 0 Å². The number of methoxy groups -OCH3 is 2. The minimum atomic E-state index is -0.119. The number of aromatic nitrogens is 2. The average molecular weight is 455 g/mol. The zero-order valence-corrected chi connectivity index (χ0v) is 16.8. The number of hydrogen-bond acceptors (Lipinski definition) is 4. The summed E-state index contributed by atoms with van der Waals surface area (Å²) in [5.41, 5.74) is 0.862. The van der Waals surface area contributed by atoms with E-state index in [2.05, 4.69) is 34.6 Å². The fourth-order valence-corrected chi connectivity index (χ4v) is 3.78. The van der Waals surface area contributed by atoms with E-state index in [9.17, 15) is 4.79 Å². The first kappa shape index (κ1) is 18.0. The third-order valence-corrected chi connectivity index (χ3v) is 5.06. The molecule has 1 aromatic heterocycles. The van der Waals surface area contributed by atoms with Gasteiger partial charge in [0.05, 0.1) is 24.0 Å². The maximum Gasteiger partial charge on any atom is 0.223 e. The Morgan fingerprint density at radius 3 is 2.76 bits per heavy atom. The van der Waals surface area contributed by atoms with Crippen LogP contribution in [-0.2, 0) is 17.9 Å². The average Bonchev–Trinajstić information content (AvgIpc) is 3.10. The maximum atomic E-state index is 12.5. The SMILES string of the molecule is COc1ccc(CN2CC(C)(Cn3cc(I)cn3)CC2=O)c(OC)c1. The summed E-state index contributed by atoms with van der Waals surface area (Å²) >= 11 is 2.24. The van der Waals surface area contributed by atoms with E-state index in [0.717, 1.165) is 27.2 Å². The zero-order valence-electron chi connectivity index (χ0n) is 14.7. The Morgan fingerprint density at radius 2 is 2.12 bits per heavy atom. The number of likely N-dealkylation sites (tertiary alicyclic amines) is 1. The molecular formula is C18H22IN3O3. The summed E-state index contributed by atoms with van der Waals surface area (Å²) in [6.07, 6.45) is 4.37. The molecule has 1 aliphatic heterocycles. The number of benzene rings is 1. The van der Waals surface area contributed by atoms with Gasteiger partial charge in [0.15, 0.2) is 0 Å². The first-order chi connectivity index (χ1) is 11.9. The first-order valence-corrected chi connectivity index (χ1v) is 9.17. The van der Waals surface area contributed by atoms with Gasteiger partial charge >= 0.3 is 0 Å². The van der Waals surface area contributed by atoms with E-state index < -0.39 is 0 Å². The van der Waals surface area contributed by atoms with E-state index in [1.807, 2.05) is 40.2 Å². The van der Waals surface area contributed by atoms with Crippen molar-refractivity contribution in [2.24, 2.45) is 5.41 Å². The number of nitrogens with zero attached hydrogens (tertiary/aromatic N) is 3. The highest BCUT2D eigenvalue weighted by Crippen LogP contribution is 2.35. The van der Waals surface area contributed by atoms with Crippen LogP contribution in [-0.4, -0.2) is 41.4 Å². The second-order valence-electron chi connectivity index (χ2n) is 6.77. The van der Waals surface area contributed by atoms with E-state index in [-0.39, 0.29) is 11.3 Å². The third kappa shape index (κ3) is 4.08. The van der Waals surface area contributed by atoms with Crippen molar-refractivity contribution in [1.82, 2.24) is 14.7 Å². The van der Waals surface area contributed by atoms with Crippen molar-refractivity contribution in [3.63, 3.8) is 0 Å². The molecule has 0 radical (unpaired) electrons. The number of halogens is 1. The molecule has 1 aromatic carbocycles. The first-order valence-electron chi connectivity index (χ1n) is 8.09. The molecule has 1 fully saturated rings. The molecule has 25 heavy (non-hydrogen) atoms. The predicted octanol–water partition coefficient (Wildman–Crippen LogP) is 2.94. The largest absolute Gasteiger partial charge is 0.497 e. The summed E-state index contributed by atoms with van der Waals surface area (Å²) in [7, 11) is 3.26. The van der Waals surface area contributed by atoms with E-state index in [1.165, 1.54) is 0 Å². The van der Waals surface area contributed by atoms with E-state index >= 15 is 0 Å². The van der Waals surface area contributed by atoms with Crippen LogP contribution in [0.4, 0.5) is 0 Å². The Kier molecular flexibility index (Phi) is 5.21. The highest BCUT2D eigenvalue weighted by Gasteiger charge is 2.40. The standard InChI is InChI=1S/C18H22IN3O3/c1-18(12-22-10-14(19)8-20-22)7-17(23)21(11-18)9-13-4-5-15(24-2)6-16(13)25-3/h4-6,8,10H,7,9,11-12H2,1-3H3. The lowest BCUT2D eigenvalue weighted by molar-refractivity contribution is -0.128. The molecule has 3 rings (SSSR count). The van der Waals surface area contributed by atoms with Crippen LogP contribution in [0.2, 0.25) is 0 Å². The topological polar surface area (TPSA) is 56.6 Å². The quantitative estimate of drug-likeness (QED) is 0.629. The number of ether oxygens (including phenoxy) is 2. The highest BCUT2D eigenvalue weighted by molar-refractivity contribution is 14.1. The van der Waals surface area contributed by atoms with Gasteiger partial charge in [0.1, 0.15) is 11.5 Å². The highest BCUT2D eigenvalue weighted by atomic mass is 127. The molecule has 7 heteroatoms. The van der Waals surface area contributed by atoms with Crippen molar-refractivity contribution in [2.45, 2.75) is 26.4 Å². The van der Waals surface area contributed by atoms with Gasteiger partial charge in [-0.2, -0.15) is 5.10 Å². The molecule has 1 aliphatic rings. The van der Waals surface area contributed by atoms with Gasteiger partial charge in [0.2, 0.25) is 5.91 Å². The number of carbonyl (C=O) groups excluding carboxylic acids is 1. The van der Waals surface area contributed by atoms with Crippen molar-refractivity contribution in [3.8, 4) is 11.5 Å². The van der Waals surface area contributed by atoms with Gasteiger partial charge in [-0.15, -0.1) is 0 Å². The minimum absolute atomic E-state index is 0.119. The molecule has 0 saturated carbocycles. The lowest BCUT2D eigenvalue weighted by Crippen LogP contribution is -2.29. The van der Waals surface area contributed by atoms with Crippen LogP contribution < -0.4 is 9.47 Å². The molecule has 0 spiro atoms. The van der Waals surface area contributed by atoms with Gasteiger partial charge in [-0.3, -0.25) is 9.48 Å². The molecule has 134 valence electrons. The van der Waals surface area contributed by atoms with Crippen molar-refractivity contribution >= 4 is 28.5 Å². The fraction of sp³-hybridized carbons (Fsp3) is 0.444. The number of hydrogen-bond donors (Lipinski definition) is 0. The van der Waals surface area contributed by atoms with E-state index in [1.54, 1.807) is 14.2 Å². The lowest BCUT2D eigenvalue weighted by atomic mass is 9.90. The summed E-state index contributed by atoms with van der Waals surface area (Å²) in [6, 6.07) is 5.69. The number of amides is 1. The molecule has 1 saturated heterocycles. The Morgan fingerprint density at radius 1 is 1.32 bits per heavy atom. The summed E-state index contributed by atoms with van der Waals surface area (Å²) in [5, 5.41) is 4.35. The van der Waals surface area contributed by atoms with Crippen molar-refractivity contribution in [1.29, 1.82) is 0 Å². The molecule has 2 aromatic rings. The summed E-state index contributed by atoms with van der Waals surface area (Å²) in [5.74, 6) is 1.65. The Hall–Kier alpha value is -1.77. The van der Waals surface area contributed by atoms with Crippen LogP contribution in [0, 0.1) is 8.99 Å². The lowest BCUT2D eigenvalue weighted by Gasteiger charge is -2.24. The smallest absolute Gasteiger partial charge is 0.223 e. The van der Waals surface area contributed by atoms with Crippen molar-refractivity contribution in [3.05, 3.63) is 39.7 Å². The van der Waals surface area contributed by atoms with Crippen LogP contribution in [0.1, 0.15) is 18.9 Å². The molecule has 0 bridgehead atoms. The maximum absolute atomic E-state index is 12.5. The van der Waals surface area contributed by atoms with Gasteiger partial charge in [-0.25, -0.2) is 0 Å². The van der Waals surface area contributed by atoms with Crippen LogP contribution in [0.3, 0.4) is 0 Å². The van der Waals surface area contributed by atoms with Crippen LogP contribution in [0.5, 0.6) is 11.5 Å². The van der Waals surface area contributed by atoms with Gasteiger partial charge < -0.3 is 14.4 Å². The number of rotatable bonds is 6. The summed E-state index contributed by atoms with van der Waals surface area (Å²) in [4.78, 5) is 14.4. The summed E-state index contributed by atoms with van der Waals surface area (Å²) in [6.45, 7) is 4.12. The molecule has 0 aliphatic carbocycles. The molecular weight excluding hydrogens is 433 g/mol. The molecule has 0 N–H and O–H groups in total. The molecule has 1 unspecified atom stereocenters. The van der Waals surface area contributed by atoms with Gasteiger partial charge in [-0.05, 0) is 34.7 Å². The Labute approximate surface area is 161 Å². The molecule has 1 atom stereocenters. The Bertz CT molecular complexity index is 777. The van der Waals surface area contributed by atoms with Crippen LogP contribution >= 0.6 is 22.6 Å². The zero-order chi connectivity index (χ0) is 18.0. The van der Waals surface area contributed by atoms with Crippen molar-refractivity contribution in [2.75, 3.05) is 20.8 Å². The van der Waals surface area contributed by atoms with Crippen molar-refractivity contribution < 1.29 is 14.3 Å². The van der Waals surface area contributed by atoms with Gasteiger partial charge in [0, 0.05) is 49.3 Å². The second-order valence-corrected chi connectivity index (χ2v) is 8.02. The minimum Gasteiger partial charge on any atom is -0.497 e. The molecule has 6 nitrogen and oxygen atoms in total. The van der Waals surface area contributed by atoms with Crippen LogP contribution in [0.15, 0.2) is 30.6 Å². The molecule has 2 heterocycles.